The van der Waals surface area contributed by atoms with Crippen molar-refractivity contribution in [3.63, 3.8) is 0 Å². The van der Waals surface area contributed by atoms with Crippen LogP contribution in [0.2, 0.25) is 0 Å². The molecule has 1 aromatic rings. The highest BCUT2D eigenvalue weighted by atomic mass is 79.9. The lowest BCUT2D eigenvalue weighted by Gasteiger charge is -2.01. The van der Waals surface area contributed by atoms with E-state index in [0.29, 0.717) is 11.4 Å². The van der Waals surface area contributed by atoms with Crippen LogP contribution < -0.4 is 5.73 Å². The van der Waals surface area contributed by atoms with E-state index < -0.39 is 0 Å². The predicted octanol–water partition coefficient (Wildman–Crippen LogP) is 1.95. The van der Waals surface area contributed by atoms with Crippen molar-refractivity contribution in [1.29, 1.82) is 0 Å². The molecule has 0 fully saturated rings. The number of nitrogens with two attached hydrogens (primary N) is 1. The van der Waals surface area contributed by atoms with Crippen LogP contribution in [0, 0.1) is 0 Å². The van der Waals surface area contributed by atoms with Crippen molar-refractivity contribution < 1.29 is 5.11 Å². The Morgan fingerprint density at radius 3 is 3.00 bits per heavy atom. The number of allylic oxidation sites excluding steroid dienone is 1. The summed E-state index contributed by atoms with van der Waals surface area (Å²) in [7, 11) is 0. The number of nitrogens with zero attached hydrogens (tertiary/aromatic N) is 1. The highest BCUT2D eigenvalue weighted by Crippen LogP contribution is 2.12. The van der Waals surface area contributed by atoms with Gasteiger partial charge in [-0.2, -0.15) is 0 Å². The van der Waals surface area contributed by atoms with Crippen LogP contribution in [0.15, 0.2) is 18.3 Å². The molecule has 0 amide bonds. The molecule has 0 aromatic carbocycles. The maximum absolute atomic E-state index is 8.96. The zero-order valence-electron chi connectivity index (χ0n) is 7.78. The fraction of sp³-hybridized carbons (Fsp3) is 0.300. The van der Waals surface area contributed by atoms with E-state index in [0.717, 1.165) is 17.3 Å². The SMILES string of the molecule is Nc1ncc(C=CCCBr)cc1CO. The second-order valence-electron chi connectivity index (χ2n) is 2.85. The van der Waals surface area contributed by atoms with Crippen LogP contribution in [0.4, 0.5) is 5.82 Å². The summed E-state index contributed by atoms with van der Waals surface area (Å²) in [6.45, 7) is -0.0705. The van der Waals surface area contributed by atoms with Gasteiger partial charge in [-0.3, -0.25) is 0 Å². The maximum Gasteiger partial charge on any atom is 0.128 e. The number of rotatable bonds is 4. The van der Waals surface area contributed by atoms with Crippen LogP contribution in [0.25, 0.3) is 6.08 Å². The Kier molecular flexibility index (Phi) is 4.62. The first-order chi connectivity index (χ1) is 6.77. The fourth-order valence-electron chi connectivity index (χ4n) is 1.04. The van der Waals surface area contributed by atoms with E-state index >= 15 is 0 Å². The van der Waals surface area contributed by atoms with Gasteiger partial charge < -0.3 is 10.8 Å². The van der Waals surface area contributed by atoms with E-state index in [9.17, 15) is 0 Å². The molecule has 0 aliphatic heterocycles. The van der Waals surface area contributed by atoms with Gasteiger partial charge in [0.15, 0.2) is 0 Å². The molecule has 0 aliphatic carbocycles. The van der Waals surface area contributed by atoms with Gasteiger partial charge in [-0.15, -0.1) is 0 Å². The molecule has 1 heterocycles. The van der Waals surface area contributed by atoms with Gasteiger partial charge in [0.05, 0.1) is 6.61 Å². The summed E-state index contributed by atoms with van der Waals surface area (Å²) < 4.78 is 0. The molecular weight excluding hydrogens is 244 g/mol. The lowest BCUT2D eigenvalue weighted by Crippen LogP contribution is -1.97. The van der Waals surface area contributed by atoms with Gasteiger partial charge in [-0.25, -0.2) is 4.98 Å². The van der Waals surface area contributed by atoms with Crippen LogP contribution in [0.1, 0.15) is 17.5 Å². The van der Waals surface area contributed by atoms with E-state index in [1.54, 1.807) is 6.20 Å². The summed E-state index contributed by atoms with van der Waals surface area (Å²) in [5, 5.41) is 9.91. The van der Waals surface area contributed by atoms with Crippen LogP contribution in [-0.4, -0.2) is 15.4 Å². The monoisotopic (exact) mass is 256 g/mol. The minimum atomic E-state index is -0.0705. The summed E-state index contributed by atoms with van der Waals surface area (Å²) in [5.74, 6) is 0.394. The molecule has 1 rings (SSSR count). The third-order valence-corrected chi connectivity index (χ3v) is 2.24. The normalized spacial score (nSPS) is 11.0. The molecule has 0 saturated carbocycles. The molecule has 3 nitrogen and oxygen atoms in total. The van der Waals surface area contributed by atoms with E-state index in [-0.39, 0.29) is 6.61 Å². The number of hydrogen-bond acceptors (Lipinski definition) is 3. The quantitative estimate of drug-likeness (QED) is 0.810. The highest BCUT2D eigenvalue weighted by Gasteiger charge is 1.98. The Bertz CT molecular complexity index is 326. The predicted molar refractivity (Wildman–Crippen MR) is 62.0 cm³/mol. The van der Waals surface area contributed by atoms with E-state index in [1.807, 2.05) is 18.2 Å². The number of alkyl halides is 1. The first kappa shape index (κ1) is 11.2. The van der Waals surface area contributed by atoms with Gasteiger partial charge in [-0.05, 0) is 18.1 Å². The minimum Gasteiger partial charge on any atom is -0.392 e. The zero-order chi connectivity index (χ0) is 10.4. The Morgan fingerprint density at radius 2 is 2.36 bits per heavy atom. The lowest BCUT2D eigenvalue weighted by atomic mass is 10.2. The number of anilines is 1. The van der Waals surface area contributed by atoms with Crippen LogP contribution in [0.3, 0.4) is 0 Å². The lowest BCUT2D eigenvalue weighted by molar-refractivity contribution is 0.282. The Balaban J connectivity index is 2.79. The number of nitrogen functional groups attached to an aromatic ring is 1. The Labute approximate surface area is 91.8 Å². The molecule has 0 radical (unpaired) electrons. The molecule has 4 heteroatoms. The zero-order valence-corrected chi connectivity index (χ0v) is 9.37. The summed E-state index contributed by atoms with van der Waals surface area (Å²) in [4.78, 5) is 3.98. The van der Waals surface area contributed by atoms with E-state index in [4.69, 9.17) is 10.8 Å². The second-order valence-corrected chi connectivity index (χ2v) is 3.64. The van der Waals surface area contributed by atoms with Gasteiger partial charge in [0.25, 0.3) is 0 Å². The van der Waals surface area contributed by atoms with Crippen molar-refractivity contribution in [2.24, 2.45) is 0 Å². The highest BCUT2D eigenvalue weighted by molar-refractivity contribution is 9.09. The summed E-state index contributed by atoms with van der Waals surface area (Å²) in [5.41, 5.74) is 7.19. The number of halogens is 1. The Morgan fingerprint density at radius 1 is 1.57 bits per heavy atom. The third-order valence-electron chi connectivity index (χ3n) is 1.78. The molecular formula is C10H13BrN2O. The van der Waals surface area contributed by atoms with Crippen molar-refractivity contribution in [3.8, 4) is 0 Å². The van der Waals surface area contributed by atoms with Gasteiger partial charge >= 0.3 is 0 Å². The van der Waals surface area contributed by atoms with Crippen molar-refractivity contribution in [2.45, 2.75) is 13.0 Å². The molecule has 1 aromatic heterocycles. The minimum absolute atomic E-state index is 0.0705. The van der Waals surface area contributed by atoms with Gasteiger partial charge in [0, 0.05) is 17.1 Å². The van der Waals surface area contributed by atoms with Crippen molar-refractivity contribution >= 4 is 27.8 Å². The van der Waals surface area contributed by atoms with E-state index in [2.05, 4.69) is 20.9 Å². The van der Waals surface area contributed by atoms with Crippen LogP contribution in [0.5, 0.6) is 0 Å². The van der Waals surface area contributed by atoms with Crippen molar-refractivity contribution in [3.05, 3.63) is 29.5 Å². The number of hydrogen-bond donors (Lipinski definition) is 2. The second kappa shape index (κ2) is 5.78. The molecule has 0 spiro atoms. The van der Waals surface area contributed by atoms with Gasteiger partial charge in [0.2, 0.25) is 0 Å². The van der Waals surface area contributed by atoms with Crippen molar-refractivity contribution in [2.75, 3.05) is 11.1 Å². The maximum atomic E-state index is 8.96. The average molecular weight is 257 g/mol. The molecule has 0 aliphatic rings. The molecule has 14 heavy (non-hydrogen) atoms. The van der Waals surface area contributed by atoms with Crippen LogP contribution >= 0.6 is 15.9 Å². The molecule has 0 saturated heterocycles. The van der Waals surface area contributed by atoms with Crippen molar-refractivity contribution in [1.82, 2.24) is 4.98 Å². The van der Waals surface area contributed by atoms with Gasteiger partial charge in [0.1, 0.15) is 5.82 Å². The molecule has 0 atom stereocenters. The first-order valence-electron chi connectivity index (χ1n) is 4.35. The Hall–Kier alpha value is -0.870. The van der Waals surface area contributed by atoms with Gasteiger partial charge in [-0.1, -0.05) is 28.1 Å². The number of pyridine rings is 1. The molecule has 3 N–H and O–H groups in total. The van der Waals surface area contributed by atoms with E-state index in [1.165, 1.54) is 0 Å². The largest absolute Gasteiger partial charge is 0.392 e. The first-order valence-corrected chi connectivity index (χ1v) is 5.48. The smallest absolute Gasteiger partial charge is 0.128 e. The third kappa shape index (κ3) is 3.12. The summed E-state index contributed by atoms with van der Waals surface area (Å²) in [6.07, 6.45) is 6.67. The van der Waals surface area contributed by atoms with Crippen LogP contribution in [-0.2, 0) is 6.61 Å². The number of aliphatic hydroxyl groups excluding tert-OH is 1. The topological polar surface area (TPSA) is 59.1 Å². The average Bonchev–Trinajstić information content (AvgIpc) is 2.21. The number of aromatic nitrogens is 1. The fourth-order valence-corrected chi connectivity index (χ4v) is 1.30. The molecule has 0 bridgehead atoms. The standard InChI is InChI=1S/C10H13BrN2O/c11-4-2-1-3-8-5-9(7-14)10(12)13-6-8/h1,3,5-6,14H,2,4,7H2,(H2,12,13). The molecule has 0 unspecified atom stereocenters. The number of aliphatic hydroxyl groups is 1. The molecule has 76 valence electrons. The summed E-state index contributed by atoms with van der Waals surface area (Å²) >= 11 is 3.34. The summed E-state index contributed by atoms with van der Waals surface area (Å²) in [6, 6.07) is 1.84.